The van der Waals surface area contributed by atoms with E-state index in [9.17, 15) is 0 Å². The van der Waals surface area contributed by atoms with Gasteiger partial charge in [-0.2, -0.15) is 0 Å². The maximum absolute atomic E-state index is 5.74. The van der Waals surface area contributed by atoms with Crippen LogP contribution in [0.15, 0.2) is 54.6 Å². The first-order valence-electron chi connectivity index (χ1n) is 8.83. The molecule has 3 nitrogen and oxygen atoms in total. The van der Waals surface area contributed by atoms with E-state index < -0.39 is 0 Å². The number of benzene rings is 2. The van der Waals surface area contributed by atoms with Crippen molar-refractivity contribution in [1.29, 1.82) is 0 Å². The molecule has 0 aliphatic rings. The van der Waals surface area contributed by atoms with Gasteiger partial charge in [-0.3, -0.25) is 0 Å². The van der Waals surface area contributed by atoms with E-state index in [-0.39, 0.29) is 12.1 Å². The Hall–Kier alpha value is -2.07. The molecule has 0 unspecified atom stereocenters. The van der Waals surface area contributed by atoms with E-state index in [0.29, 0.717) is 11.0 Å². The highest BCUT2D eigenvalue weighted by atomic mass is 32.1. The number of hydrogen-bond acceptors (Lipinski definition) is 2. The lowest BCUT2D eigenvalue weighted by molar-refractivity contribution is 0.242. The Balaban J connectivity index is 2.03. The van der Waals surface area contributed by atoms with Gasteiger partial charge < -0.3 is 15.4 Å². The molecule has 0 radical (unpaired) electrons. The summed E-state index contributed by atoms with van der Waals surface area (Å²) < 4.78 is 5.74. The molecule has 134 valence electrons. The zero-order chi connectivity index (χ0) is 18.2. The molecule has 0 fully saturated rings. The quantitative estimate of drug-likeness (QED) is 0.638. The summed E-state index contributed by atoms with van der Waals surface area (Å²) in [6.45, 7) is 8.48. The molecule has 0 bridgehead atoms. The van der Waals surface area contributed by atoms with Crippen molar-refractivity contribution in [2.24, 2.45) is 5.92 Å². The van der Waals surface area contributed by atoms with Crippen molar-refractivity contribution in [1.82, 2.24) is 5.32 Å². The fourth-order valence-electron chi connectivity index (χ4n) is 2.68. The van der Waals surface area contributed by atoms with Crippen LogP contribution in [-0.4, -0.2) is 11.2 Å². The first-order chi connectivity index (χ1) is 11.9. The smallest absolute Gasteiger partial charge is 0.171 e. The maximum Gasteiger partial charge on any atom is 0.171 e. The molecule has 0 heterocycles. The van der Waals surface area contributed by atoms with Crippen molar-refractivity contribution in [3.63, 3.8) is 0 Å². The first kappa shape index (κ1) is 19.3. The number of nitrogens with one attached hydrogen (secondary N) is 2. The fourth-order valence-corrected chi connectivity index (χ4v) is 2.94. The summed E-state index contributed by atoms with van der Waals surface area (Å²) in [5, 5.41) is 7.34. The van der Waals surface area contributed by atoms with E-state index in [2.05, 4.69) is 48.7 Å². The van der Waals surface area contributed by atoms with Crippen molar-refractivity contribution in [2.45, 2.75) is 46.3 Å². The van der Waals surface area contributed by atoms with E-state index >= 15 is 0 Å². The molecule has 0 saturated heterocycles. The summed E-state index contributed by atoms with van der Waals surface area (Å²) >= 11 is 5.53. The second kappa shape index (κ2) is 9.42. The zero-order valence-electron chi connectivity index (χ0n) is 15.5. The summed E-state index contributed by atoms with van der Waals surface area (Å²) in [5.41, 5.74) is 2.17. The highest BCUT2D eigenvalue weighted by Gasteiger charge is 2.14. The fraction of sp³-hybridized carbons (Fsp3) is 0.381. The van der Waals surface area contributed by atoms with Gasteiger partial charge in [-0.1, -0.05) is 50.2 Å². The average Bonchev–Trinajstić information content (AvgIpc) is 2.54. The van der Waals surface area contributed by atoms with Gasteiger partial charge in [0.2, 0.25) is 0 Å². The van der Waals surface area contributed by atoms with Gasteiger partial charge in [-0.05, 0) is 56.1 Å². The van der Waals surface area contributed by atoms with Gasteiger partial charge in [-0.25, -0.2) is 0 Å². The third-order valence-corrected chi connectivity index (χ3v) is 3.90. The molecule has 1 atom stereocenters. The normalized spacial score (nSPS) is 12.1. The van der Waals surface area contributed by atoms with Crippen LogP contribution in [0.25, 0.3) is 0 Å². The average molecular weight is 357 g/mol. The minimum atomic E-state index is 0.147. The van der Waals surface area contributed by atoms with Crippen LogP contribution >= 0.6 is 12.2 Å². The lowest BCUT2D eigenvalue weighted by atomic mass is 9.97. The summed E-state index contributed by atoms with van der Waals surface area (Å²) in [6, 6.07) is 18.5. The molecular weight excluding hydrogens is 328 g/mol. The predicted molar refractivity (Wildman–Crippen MR) is 110 cm³/mol. The van der Waals surface area contributed by atoms with Crippen LogP contribution in [0.2, 0.25) is 0 Å². The third-order valence-electron chi connectivity index (χ3n) is 3.68. The Morgan fingerprint density at radius 2 is 1.72 bits per heavy atom. The summed E-state index contributed by atoms with van der Waals surface area (Å²) in [4.78, 5) is 0. The highest BCUT2D eigenvalue weighted by Crippen LogP contribution is 2.22. The predicted octanol–water partition coefficient (Wildman–Crippen LogP) is 5.55. The van der Waals surface area contributed by atoms with Crippen LogP contribution in [0, 0.1) is 5.92 Å². The molecule has 0 spiro atoms. The van der Waals surface area contributed by atoms with Crippen molar-refractivity contribution in [2.75, 3.05) is 5.32 Å². The zero-order valence-corrected chi connectivity index (χ0v) is 16.3. The maximum atomic E-state index is 5.74. The molecule has 2 rings (SSSR count). The Morgan fingerprint density at radius 3 is 2.36 bits per heavy atom. The SMILES string of the molecule is CC(C)C[C@H](NC(=S)Nc1cccc(OC(C)C)c1)c1ccccc1. The Morgan fingerprint density at radius 1 is 1.00 bits per heavy atom. The van der Waals surface area contributed by atoms with Crippen LogP contribution in [0.1, 0.15) is 45.7 Å². The third kappa shape index (κ3) is 6.75. The van der Waals surface area contributed by atoms with E-state index in [1.54, 1.807) is 0 Å². The van der Waals surface area contributed by atoms with Gasteiger partial charge in [-0.15, -0.1) is 0 Å². The molecule has 25 heavy (non-hydrogen) atoms. The molecule has 4 heteroatoms. The standard InChI is InChI=1S/C21H28N2OS/c1-15(2)13-20(17-9-6-5-7-10-17)23-21(25)22-18-11-8-12-19(14-18)24-16(3)4/h5-12,14-16,20H,13H2,1-4H3,(H2,22,23,25)/t20-/m0/s1. The number of anilines is 1. The van der Waals surface area contributed by atoms with Gasteiger partial charge in [0.15, 0.2) is 5.11 Å². The van der Waals surface area contributed by atoms with Gasteiger partial charge in [0.1, 0.15) is 5.75 Å². The number of rotatable bonds is 7. The van der Waals surface area contributed by atoms with Crippen molar-refractivity contribution < 1.29 is 4.74 Å². The van der Waals surface area contributed by atoms with Gasteiger partial charge >= 0.3 is 0 Å². The molecule has 2 N–H and O–H groups in total. The second-order valence-electron chi connectivity index (χ2n) is 6.89. The Labute approximate surface area is 156 Å². The Kier molecular flexibility index (Phi) is 7.26. The van der Waals surface area contributed by atoms with E-state index in [1.807, 2.05) is 44.2 Å². The van der Waals surface area contributed by atoms with E-state index in [4.69, 9.17) is 17.0 Å². The highest BCUT2D eigenvalue weighted by molar-refractivity contribution is 7.80. The molecule has 0 amide bonds. The van der Waals surface area contributed by atoms with Crippen molar-refractivity contribution in [3.8, 4) is 5.75 Å². The summed E-state index contributed by atoms with van der Waals surface area (Å²) in [7, 11) is 0. The molecule has 0 aromatic heterocycles. The minimum Gasteiger partial charge on any atom is -0.491 e. The minimum absolute atomic E-state index is 0.147. The van der Waals surface area contributed by atoms with Crippen LogP contribution in [0.5, 0.6) is 5.75 Å². The summed E-state index contributed by atoms with van der Waals surface area (Å²) in [6.07, 6.45) is 1.16. The van der Waals surface area contributed by atoms with Crippen LogP contribution in [0.4, 0.5) is 5.69 Å². The van der Waals surface area contributed by atoms with Crippen LogP contribution in [-0.2, 0) is 0 Å². The van der Waals surface area contributed by atoms with Gasteiger partial charge in [0, 0.05) is 11.8 Å². The molecule has 0 aliphatic heterocycles. The van der Waals surface area contributed by atoms with Crippen LogP contribution < -0.4 is 15.4 Å². The number of thiocarbonyl (C=S) groups is 1. The lowest BCUT2D eigenvalue weighted by Gasteiger charge is -2.23. The monoisotopic (exact) mass is 356 g/mol. The Bertz CT molecular complexity index is 671. The topological polar surface area (TPSA) is 33.3 Å². The van der Waals surface area contributed by atoms with Gasteiger partial charge in [0.25, 0.3) is 0 Å². The van der Waals surface area contributed by atoms with Crippen molar-refractivity contribution in [3.05, 3.63) is 60.2 Å². The molecular formula is C21H28N2OS. The lowest BCUT2D eigenvalue weighted by Crippen LogP contribution is -2.33. The largest absolute Gasteiger partial charge is 0.491 e. The van der Waals surface area contributed by atoms with Crippen molar-refractivity contribution >= 4 is 23.0 Å². The number of ether oxygens (including phenoxy) is 1. The van der Waals surface area contributed by atoms with Gasteiger partial charge in [0.05, 0.1) is 12.1 Å². The van der Waals surface area contributed by atoms with Crippen LogP contribution in [0.3, 0.4) is 0 Å². The van der Waals surface area contributed by atoms with E-state index in [1.165, 1.54) is 5.56 Å². The number of hydrogen-bond donors (Lipinski definition) is 2. The molecule has 0 aliphatic carbocycles. The molecule has 2 aromatic carbocycles. The molecule has 0 saturated carbocycles. The molecule has 2 aromatic rings. The second-order valence-corrected chi connectivity index (χ2v) is 7.29. The first-order valence-corrected chi connectivity index (χ1v) is 9.24. The van der Waals surface area contributed by atoms with E-state index in [0.717, 1.165) is 17.9 Å². The summed E-state index contributed by atoms with van der Waals surface area (Å²) in [5.74, 6) is 1.41.